The fraction of sp³-hybridized carbons (Fsp3) is 0.300. The van der Waals surface area contributed by atoms with Gasteiger partial charge in [-0.15, -0.1) is 11.3 Å². The lowest BCUT2D eigenvalue weighted by Crippen LogP contribution is -2.11. The topological polar surface area (TPSA) is 38.1 Å². The van der Waals surface area contributed by atoms with Crippen molar-refractivity contribution in [2.45, 2.75) is 20.0 Å². The molecule has 80 valence electrons. The quantitative estimate of drug-likeness (QED) is 0.874. The Morgan fingerprint density at radius 3 is 2.93 bits per heavy atom. The van der Waals surface area contributed by atoms with Gasteiger partial charge in [0.15, 0.2) is 3.77 Å². The van der Waals surface area contributed by atoms with E-state index in [-0.39, 0.29) is 0 Å². The van der Waals surface area contributed by atoms with Crippen LogP contribution in [0.3, 0.4) is 0 Å². The Balaban J connectivity index is 1.80. The van der Waals surface area contributed by atoms with Gasteiger partial charge in [0.25, 0.3) is 0 Å². The number of halogens is 1. The number of hydrogen-bond donors (Lipinski definition) is 1. The Labute approximate surface area is 106 Å². The molecule has 15 heavy (non-hydrogen) atoms. The Morgan fingerprint density at radius 1 is 1.47 bits per heavy atom. The van der Waals surface area contributed by atoms with Gasteiger partial charge in [0.05, 0.1) is 6.54 Å². The molecule has 0 fully saturated rings. The minimum Gasteiger partial charge on any atom is -0.454 e. The Morgan fingerprint density at radius 2 is 2.33 bits per heavy atom. The van der Waals surface area contributed by atoms with E-state index in [1.165, 1.54) is 4.88 Å². The van der Waals surface area contributed by atoms with E-state index in [2.05, 4.69) is 39.8 Å². The van der Waals surface area contributed by atoms with Crippen molar-refractivity contribution in [3.8, 4) is 0 Å². The van der Waals surface area contributed by atoms with E-state index in [0.29, 0.717) is 0 Å². The van der Waals surface area contributed by atoms with Crippen LogP contribution in [-0.2, 0) is 13.1 Å². The van der Waals surface area contributed by atoms with Crippen molar-refractivity contribution in [1.82, 2.24) is 10.3 Å². The summed E-state index contributed by atoms with van der Waals surface area (Å²) in [5.41, 5.74) is 0. The van der Waals surface area contributed by atoms with Gasteiger partial charge in [-0.3, -0.25) is 0 Å². The summed E-state index contributed by atoms with van der Waals surface area (Å²) in [6, 6.07) is 3.95. The molecule has 2 heterocycles. The first-order valence-corrected chi connectivity index (χ1v) is 6.50. The van der Waals surface area contributed by atoms with Crippen LogP contribution in [-0.4, -0.2) is 4.98 Å². The molecule has 0 radical (unpaired) electrons. The first kappa shape index (κ1) is 11.1. The number of hydrogen-bond acceptors (Lipinski definition) is 4. The van der Waals surface area contributed by atoms with Crippen molar-refractivity contribution < 1.29 is 4.42 Å². The molecule has 1 N–H and O–H groups in total. The fourth-order valence-corrected chi connectivity index (χ4v) is 2.44. The molecular formula is C10H11IN2OS. The molecule has 0 spiro atoms. The number of nitrogens with one attached hydrogen (secondary N) is 1. The summed E-state index contributed by atoms with van der Waals surface area (Å²) in [6.45, 7) is 3.62. The Hall–Kier alpha value is -0.400. The molecule has 0 amide bonds. The highest BCUT2D eigenvalue weighted by Gasteiger charge is 2.00. The molecule has 3 nitrogen and oxygen atoms in total. The van der Waals surface area contributed by atoms with E-state index in [9.17, 15) is 0 Å². The van der Waals surface area contributed by atoms with Crippen LogP contribution in [0, 0.1) is 10.7 Å². The van der Waals surface area contributed by atoms with E-state index < -0.39 is 0 Å². The van der Waals surface area contributed by atoms with E-state index in [0.717, 1.165) is 27.6 Å². The van der Waals surface area contributed by atoms with Crippen LogP contribution in [0.4, 0.5) is 0 Å². The largest absolute Gasteiger partial charge is 0.454 e. The van der Waals surface area contributed by atoms with E-state index >= 15 is 0 Å². The second kappa shape index (κ2) is 5.09. The number of furan rings is 1. The van der Waals surface area contributed by atoms with Gasteiger partial charge in [0.1, 0.15) is 10.8 Å². The summed E-state index contributed by atoms with van der Waals surface area (Å²) < 4.78 is 6.36. The van der Waals surface area contributed by atoms with Gasteiger partial charge >= 0.3 is 0 Å². The lowest BCUT2D eigenvalue weighted by atomic mass is 10.4. The van der Waals surface area contributed by atoms with Gasteiger partial charge in [-0.1, -0.05) is 0 Å². The minimum atomic E-state index is 0.752. The Kier molecular flexibility index (Phi) is 3.76. The van der Waals surface area contributed by atoms with Gasteiger partial charge in [-0.25, -0.2) is 4.98 Å². The highest BCUT2D eigenvalue weighted by atomic mass is 127. The summed E-state index contributed by atoms with van der Waals surface area (Å²) in [5, 5.41) is 4.41. The molecular weight excluding hydrogens is 323 g/mol. The predicted octanol–water partition coefficient (Wildman–Crippen LogP) is 2.94. The molecule has 0 aliphatic rings. The van der Waals surface area contributed by atoms with E-state index in [4.69, 9.17) is 4.42 Å². The lowest BCUT2D eigenvalue weighted by molar-refractivity contribution is 0.463. The van der Waals surface area contributed by atoms with Crippen LogP contribution in [0.2, 0.25) is 0 Å². The van der Waals surface area contributed by atoms with Crippen LogP contribution >= 0.6 is 33.9 Å². The van der Waals surface area contributed by atoms with Crippen LogP contribution in [0.25, 0.3) is 0 Å². The molecule has 0 atom stereocenters. The zero-order valence-electron chi connectivity index (χ0n) is 8.29. The zero-order chi connectivity index (χ0) is 10.7. The van der Waals surface area contributed by atoms with Crippen LogP contribution < -0.4 is 5.32 Å². The summed E-state index contributed by atoms with van der Waals surface area (Å²) in [7, 11) is 0. The summed E-state index contributed by atoms with van der Waals surface area (Å²) in [4.78, 5) is 5.53. The SMILES string of the molecule is Cc1cnc(CNCc2ccc(I)o2)s1. The highest BCUT2D eigenvalue weighted by Crippen LogP contribution is 2.12. The van der Waals surface area contributed by atoms with Crippen LogP contribution in [0.1, 0.15) is 15.6 Å². The molecule has 0 aromatic carbocycles. The number of thiazole rings is 1. The molecule has 0 unspecified atom stereocenters. The lowest BCUT2D eigenvalue weighted by Gasteiger charge is -1.98. The summed E-state index contributed by atoms with van der Waals surface area (Å²) in [5.74, 6) is 0.965. The average Bonchev–Trinajstić information content (AvgIpc) is 2.76. The van der Waals surface area contributed by atoms with Gasteiger partial charge < -0.3 is 9.73 Å². The standard InChI is InChI=1S/C10H11IN2OS/c1-7-4-13-10(15-7)6-12-5-8-2-3-9(11)14-8/h2-4,12H,5-6H2,1H3. The number of aryl methyl sites for hydroxylation is 1. The average molecular weight is 334 g/mol. The molecule has 0 saturated carbocycles. The van der Waals surface area contributed by atoms with E-state index in [1.54, 1.807) is 11.3 Å². The van der Waals surface area contributed by atoms with Crippen LogP contribution in [0.15, 0.2) is 22.7 Å². The maximum Gasteiger partial charge on any atom is 0.164 e. The van der Waals surface area contributed by atoms with Crippen molar-refractivity contribution in [2.24, 2.45) is 0 Å². The van der Waals surface area contributed by atoms with Crippen molar-refractivity contribution in [3.05, 3.63) is 37.7 Å². The van der Waals surface area contributed by atoms with Gasteiger partial charge in [-0.2, -0.15) is 0 Å². The van der Waals surface area contributed by atoms with Gasteiger partial charge in [0, 0.05) is 17.6 Å². The smallest absolute Gasteiger partial charge is 0.164 e. The van der Waals surface area contributed by atoms with Crippen molar-refractivity contribution in [1.29, 1.82) is 0 Å². The van der Waals surface area contributed by atoms with Crippen molar-refractivity contribution in [3.63, 3.8) is 0 Å². The van der Waals surface area contributed by atoms with Gasteiger partial charge in [0.2, 0.25) is 0 Å². The minimum absolute atomic E-state index is 0.752. The first-order valence-electron chi connectivity index (χ1n) is 4.60. The maximum absolute atomic E-state index is 5.43. The predicted molar refractivity (Wildman–Crippen MR) is 68.8 cm³/mol. The van der Waals surface area contributed by atoms with Gasteiger partial charge in [-0.05, 0) is 41.6 Å². The third-order valence-electron chi connectivity index (χ3n) is 1.87. The second-order valence-corrected chi connectivity index (χ2v) is 5.56. The monoisotopic (exact) mass is 334 g/mol. The number of nitrogens with zero attached hydrogens (tertiary/aromatic N) is 1. The molecule has 0 aliphatic heterocycles. The first-order chi connectivity index (χ1) is 7.24. The number of aromatic nitrogens is 1. The maximum atomic E-state index is 5.43. The molecule has 2 aromatic heterocycles. The van der Waals surface area contributed by atoms with E-state index in [1.807, 2.05) is 18.3 Å². The van der Waals surface area contributed by atoms with Crippen molar-refractivity contribution >= 4 is 33.9 Å². The fourth-order valence-electron chi connectivity index (χ4n) is 1.22. The third kappa shape index (κ3) is 3.29. The summed E-state index contributed by atoms with van der Waals surface area (Å²) >= 11 is 3.88. The second-order valence-electron chi connectivity index (χ2n) is 3.17. The highest BCUT2D eigenvalue weighted by molar-refractivity contribution is 14.1. The van der Waals surface area contributed by atoms with Crippen molar-refractivity contribution in [2.75, 3.05) is 0 Å². The van der Waals surface area contributed by atoms with Crippen LogP contribution in [0.5, 0.6) is 0 Å². The molecule has 5 heteroatoms. The molecule has 0 saturated heterocycles. The molecule has 2 rings (SSSR count). The molecule has 0 bridgehead atoms. The Bertz CT molecular complexity index is 398. The molecule has 2 aromatic rings. The molecule has 0 aliphatic carbocycles. The normalized spacial score (nSPS) is 10.8. The summed E-state index contributed by atoms with van der Waals surface area (Å²) in [6.07, 6.45) is 1.90. The zero-order valence-corrected chi connectivity index (χ0v) is 11.3. The number of rotatable bonds is 4. The third-order valence-corrected chi connectivity index (χ3v) is 3.37.